The Hall–Kier alpha value is -3.68. The van der Waals surface area contributed by atoms with Crippen molar-refractivity contribution in [3.8, 4) is 0 Å². The van der Waals surface area contributed by atoms with Gasteiger partial charge in [-0.25, -0.2) is 4.79 Å². The van der Waals surface area contributed by atoms with Crippen molar-refractivity contribution in [3.05, 3.63) is 65.2 Å². The Morgan fingerprint density at radius 1 is 0.970 bits per heavy atom. The summed E-state index contributed by atoms with van der Waals surface area (Å²) in [6, 6.07) is 14.8. The highest BCUT2D eigenvalue weighted by atomic mass is 16.2. The summed E-state index contributed by atoms with van der Waals surface area (Å²) >= 11 is 0. The van der Waals surface area contributed by atoms with Gasteiger partial charge in [-0.15, -0.1) is 0 Å². The highest BCUT2D eigenvalue weighted by Gasteiger charge is 2.39. The van der Waals surface area contributed by atoms with E-state index in [0.29, 0.717) is 36.7 Å². The first kappa shape index (κ1) is 21.2. The largest absolute Gasteiger partial charge is 0.324 e. The molecule has 0 radical (unpaired) electrons. The van der Waals surface area contributed by atoms with Gasteiger partial charge >= 0.3 is 6.03 Å². The Bertz CT molecular complexity index is 1110. The van der Waals surface area contributed by atoms with Gasteiger partial charge in [0, 0.05) is 37.3 Å². The monoisotopic (exact) mass is 446 g/mol. The number of imide groups is 1. The Morgan fingerprint density at radius 3 is 2.45 bits per heavy atom. The quantitative estimate of drug-likeness (QED) is 0.709. The van der Waals surface area contributed by atoms with Crippen LogP contribution in [-0.2, 0) is 16.1 Å². The third-order valence-electron chi connectivity index (χ3n) is 6.83. The lowest BCUT2D eigenvalue weighted by Gasteiger charge is -2.32. The van der Waals surface area contributed by atoms with Crippen molar-refractivity contribution in [1.29, 1.82) is 0 Å². The van der Waals surface area contributed by atoms with Crippen molar-refractivity contribution in [1.82, 2.24) is 15.1 Å². The zero-order valence-electron chi connectivity index (χ0n) is 18.3. The molecule has 3 aliphatic heterocycles. The fourth-order valence-electron chi connectivity index (χ4n) is 5.00. The summed E-state index contributed by atoms with van der Waals surface area (Å²) in [5.74, 6) is -0.488. The van der Waals surface area contributed by atoms with Gasteiger partial charge in [0.25, 0.3) is 5.91 Å². The Morgan fingerprint density at radius 2 is 1.73 bits per heavy atom. The number of urea groups is 1. The van der Waals surface area contributed by atoms with Gasteiger partial charge in [-0.05, 0) is 54.5 Å². The van der Waals surface area contributed by atoms with Crippen LogP contribution in [0.2, 0.25) is 0 Å². The second kappa shape index (κ2) is 8.69. The predicted molar refractivity (Wildman–Crippen MR) is 121 cm³/mol. The van der Waals surface area contributed by atoms with Crippen LogP contribution >= 0.6 is 0 Å². The number of anilines is 1. The van der Waals surface area contributed by atoms with Crippen molar-refractivity contribution >= 4 is 29.4 Å². The molecule has 5 amide bonds. The summed E-state index contributed by atoms with van der Waals surface area (Å²) in [6.07, 6.45) is 2.40. The van der Waals surface area contributed by atoms with Crippen LogP contribution in [0.25, 0.3) is 0 Å². The Kier molecular flexibility index (Phi) is 5.58. The molecule has 0 spiro atoms. The van der Waals surface area contributed by atoms with E-state index in [9.17, 15) is 19.2 Å². The molecule has 2 aromatic rings. The molecule has 33 heavy (non-hydrogen) atoms. The molecular weight excluding hydrogens is 420 g/mol. The first-order chi connectivity index (χ1) is 16.0. The van der Waals surface area contributed by atoms with Crippen LogP contribution in [0, 0.1) is 0 Å². The average Bonchev–Trinajstić information content (AvgIpc) is 3.15. The third-order valence-corrected chi connectivity index (χ3v) is 6.83. The summed E-state index contributed by atoms with van der Waals surface area (Å²) in [6.45, 7) is 1.67. The molecule has 1 atom stereocenters. The van der Waals surface area contributed by atoms with Gasteiger partial charge in [-0.2, -0.15) is 0 Å². The summed E-state index contributed by atoms with van der Waals surface area (Å²) in [5.41, 5.74) is 3.25. The summed E-state index contributed by atoms with van der Waals surface area (Å²) in [4.78, 5) is 52.6. The number of benzene rings is 2. The van der Waals surface area contributed by atoms with E-state index in [1.54, 1.807) is 18.2 Å². The smallest absolute Gasteiger partial charge is 0.321 e. The summed E-state index contributed by atoms with van der Waals surface area (Å²) < 4.78 is 0. The number of rotatable bonds is 3. The standard InChI is InChI=1S/C25H26N4O4/c30-22-9-8-21(23(31)27-22)29-15-18-14-19(6-7-20(18)24(29)32)26-25(33)28-12-10-17(11-13-28)16-4-2-1-3-5-16/h1-7,14,17,21H,8-13,15H2,(H,26,33)(H,27,30,31). The molecule has 0 aliphatic carbocycles. The molecule has 8 heteroatoms. The Balaban J connectivity index is 1.20. The van der Waals surface area contributed by atoms with Crippen molar-refractivity contribution in [3.63, 3.8) is 0 Å². The molecule has 3 aliphatic rings. The topological polar surface area (TPSA) is 98.8 Å². The first-order valence-corrected chi connectivity index (χ1v) is 11.4. The number of hydrogen-bond donors (Lipinski definition) is 2. The van der Waals surface area contributed by atoms with E-state index in [2.05, 4.69) is 22.8 Å². The highest BCUT2D eigenvalue weighted by Crippen LogP contribution is 2.31. The number of fused-ring (bicyclic) bond motifs is 1. The number of hydrogen-bond acceptors (Lipinski definition) is 4. The lowest BCUT2D eigenvalue weighted by Crippen LogP contribution is -2.52. The minimum atomic E-state index is -0.647. The maximum absolute atomic E-state index is 12.8. The maximum Gasteiger partial charge on any atom is 0.321 e. The van der Waals surface area contributed by atoms with Crippen LogP contribution in [0.15, 0.2) is 48.5 Å². The van der Waals surface area contributed by atoms with Crippen LogP contribution in [-0.4, -0.2) is 52.7 Å². The lowest BCUT2D eigenvalue weighted by molar-refractivity contribution is -0.136. The van der Waals surface area contributed by atoms with E-state index in [1.165, 1.54) is 10.5 Å². The van der Waals surface area contributed by atoms with Crippen molar-refractivity contribution in [2.24, 2.45) is 0 Å². The number of nitrogens with zero attached hydrogens (tertiary/aromatic N) is 2. The van der Waals surface area contributed by atoms with Crippen molar-refractivity contribution in [2.45, 2.75) is 44.2 Å². The van der Waals surface area contributed by atoms with Gasteiger partial charge in [0.1, 0.15) is 6.04 Å². The van der Waals surface area contributed by atoms with Gasteiger partial charge < -0.3 is 15.1 Å². The fourth-order valence-corrected chi connectivity index (χ4v) is 5.00. The zero-order valence-corrected chi connectivity index (χ0v) is 18.3. The van der Waals surface area contributed by atoms with E-state index in [0.717, 1.165) is 18.4 Å². The predicted octanol–water partition coefficient (Wildman–Crippen LogP) is 2.86. The molecule has 8 nitrogen and oxygen atoms in total. The molecule has 2 N–H and O–H groups in total. The number of likely N-dealkylation sites (tertiary alicyclic amines) is 1. The fraction of sp³-hybridized carbons (Fsp3) is 0.360. The maximum atomic E-state index is 12.8. The van der Waals surface area contributed by atoms with E-state index >= 15 is 0 Å². The van der Waals surface area contributed by atoms with Gasteiger partial charge in [0.2, 0.25) is 11.8 Å². The average molecular weight is 447 g/mol. The minimum absolute atomic E-state index is 0.146. The molecular formula is C25H26N4O4. The number of nitrogens with one attached hydrogen (secondary N) is 2. The molecule has 0 saturated carbocycles. The molecule has 0 aromatic heterocycles. The second-order valence-electron chi connectivity index (χ2n) is 8.87. The van der Waals surface area contributed by atoms with E-state index in [1.807, 2.05) is 23.1 Å². The number of amides is 5. The van der Waals surface area contributed by atoms with Gasteiger partial charge in [0.15, 0.2) is 0 Å². The minimum Gasteiger partial charge on any atom is -0.324 e. The summed E-state index contributed by atoms with van der Waals surface area (Å²) in [7, 11) is 0. The van der Waals surface area contributed by atoms with E-state index in [4.69, 9.17) is 0 Å². The van der Waals surface area contributed by atoms with Crippen LogP contribution in [0.5, 0.6) is 0 Å². The van der Waals surface area contributed by atoms with Crippen LogP contribution in [0.4, 0.5) is 10.5 Å². The molecule has 1 unspecified atom stereocenters. The first-order valence-electron chi connectivity index (χ1n) is 11.4. The van der Waals surface area contributed by atoms with Crippen molar-refractivity contribution < 1.29 is 19.2 Å². The van der Waals surface area contributed by atoms with Crippen molar-refractivity contribution in [2.75, 3.05) is 18.4 Å². The van der Waals surface area contributed by atoms with Gasteiger partial charge in [-0.3, -0.25) is 19.7 Å². The van der Waals surface area contributed by atoms with Crippen LogP contribution < -0.4 is 10.6 Å². The summed E-state index contributed by atoms with van der Waals surface area (Å²) in [5, 5.41) is 5.26. The van der Waals surface area contributed by atoms with E-state index < -0.39 is 11.9 Å². The van der Waals surface area contributed by atoms with Crippen LogP contribution in [0.3, 0.4) is 0 Å². The normalized spacial score (nSPS) is 21.1. The van der Waals surface area contributed by atoms with E-state index in [-0.39, 0.29) is 30.8 Å². The Labute approximate surface area is 191 Å². The zero-order chi connectivity index (χ0) is 22.9. The van der Waals surface area contributed by atoms with Gasteiger partial charge in [0.05, 0.1) is 0 Å². The van der Waals surface area contributed by atoms with Crippen LogP contribution in [0.1, 0.15) is 53.1 Å². The molecule has 2 saturated heterocycles. The number of piperidine rings is 2. The van der Waals surface area contributed by atoms with Gasteiger partial charge in [-0.1, -0.05) is 30.3 Å². The SMILES string of the molecule is O=C1CCC(N2Cc3cc(NC(=O)N4CCC(c5ccccc5)CC4)ccc3C2=O)C(=O)N1. The molecule has 3 heterocycles. The third kappa shape index (κ3) is 4.20. The molecule has 170 valence electrons. The number of carbonyl (C=O) groups excluding carboxylic acids is 4. The molecule has 5 rings (SSSR count). The molecule has 2 fully saturated rings. The highest BCUT2D eigenvalue weighted by molar-refractivity contribution is 6.05. The number of carbonyl (C=O) groups is 4. The lowest BCUT2D eigenvalue weighted by atomic mass is 9.90. The molecule has 0 bridgehead atoms. The molecule has 2 aromatic carbocycles. The second-order valence-corrected chi connectivity index (χ2v) is 8.87.